The number of carbonyl (C=O) groups excluding carboxylic acids is 1. The Morgan fingerprint density at radius 3 is 2.25 bits per heavy atom. The molecule has 20 heavy (non-hydrogen) atoms. The van der Waals surface area contributed by atoms with Gasteiger partial charge in [0.05, 0.1) is 0 Å². The first-order valence-electron chi connectivity index (χ1n) is 7.76. The molecular weight excluding hydrogens is 248 g/mol. The van der Waals surface area contributed by atoms with Crippen LogP contribution in [0, 0.1) is 11.8 Å². The van der Waals surface area contributed by atoms with E-state index in [0.29, 0.717) is 18.3 Å². The number of carbonyl (C=O) groups is 1. The monoisotopic (exact) mass is 272 g/mol. The topological polar surface area (TPSA) is 55.1 Å². The second-order valence-electron chi connectivity index (χ2n) is 6.36. The van der Waals surface area contributed by atoms with E-state index in [-0.39, 0.29) is 11.4 Å². The van der Waals surface area contributed by atoms with Crippen molar-refractivity contribution in [3.8, 4) is 0 Å². The van der Waals surface area contributed by atoms with Crippen LogP contribution in [0.1, 0.15) is 37.3 Å². The van der Waals surface area contributed by atoms with Crippen LogP contribution >= 0.6 is 0 Å². The molecule has 2 aliphatic carbocycles. The molecule has 0 aliphatic heterocycles. The van der Waals surface area contributed by atoms with E-state index in [9.17, 15) is 4.79 Å². The SMILES string of the molecule is CCNC1(CC(N)=O)C2CCC1Cc1ccccc1C2. The van der Waals surface area contributed by atoms with Crippen LogP contribution in [0.15, 0.2) is 24.3 Å². The van der Waals surface area contributed by atoms with Gasteiger partial charge in [0.1, 0.15) is 0 Å². The van der Waals surface area contributed by atoms with Gasteiger partial charge < -0.3 is 11.1 Å². The van der Waals surface area contributed by atoms with Crippen LogP contribution in [0.4, 0.5) is 0 Å². The minimum atomic E-state index is -0.172. The first-order valence-corrected chi connectivity index (χ1v) is 7.76. The fourth-order valence-corrected chi connectivity index (χ4v) is 4.56. The fourth-order valence-electron chi connectivity index (χ4n) is 4.56. The van der Waals surface area contributed by atoms with Gasteiger partial charge in [0.25, 0.3) is 0 Å². The Balaban J connectivity index is 1.99. The molecule has 3 heteroatoms. The number of rotatable bonds is 4. The van der Waals surface area contributed by atoms with Crippen molar-refractivity contribution in [3.63, 3.8) is 0 Å². The third-order valence-electron chi connectivity index (χ3n) is 5.34. The van der Waals surface area contributed by atoms with Gasteiger partial charge >= 0.3 is 0 Å². The smallest absolute Gasteiger partial charge is 0.219 e. The molecule has 1 saturated carbocycles. The van der Waals surface area contributed by atoms with Crippen LogP contribution in [0.5, 0.6) is 0 Å². The van der Waals surface area contributed by atoms with Crippen molar-refractivity contribution in [2.24, 2.45) is 17.6 Å². The van der Waals surface area contributed by atoms with Crippen molar-refractivity contribution in [2.75, 3.05) is 6.54 Å². The molecule has 3 nitrogen and oxygen atoms in total. The number of primary amides is 1. The van der Waals surface area contributed by atoms with E-state index in [0.717, 1.165) is 19.4 Å². The average molecular weight is 272 g/mol. The summed E-state index contributed by atoms with van der Waals surface area (Å²) in [5.74, 6) is 0.890. The van der Waals surface area contributed by atoms with Gasteiger partial charge in [0.15, 0.2) is 0 Å². The van der Waals surface area contributed by atoms with E-state index in [4.69, 9.17) is 5.73 Å². The van der Waals surface area contributed by atoms with Crippen molar-refractivity contribution in [1.29, 1.82) is 0 Å². The predicted molar refractivity (Wildman–Crippen MR) is 80.3 cm³/mol. The van der Waals surface area contributed by atoms with Gasteiger partial charge in [-0.3, -0.25) is 4.79 Å². The molecule has 0 heterocycles. The first-order chi connectivity index (χ1) is 9.65. The molecule has 2 aliphatic rings. The van der Waals surface area contributed by atoms with Gasteiger partial charge in [-0.1, -0.05) is 31.2 Å². The molecule has 0 aromatic heterocycles. The van der Waals surface area contributed by atoms with Gasteiger partial charge in [0, 0.05) is 12.0 Å². The zero-order valence-electron chi connectivity index (χ0n) is 12.2. The summed E-state index contributed by atoms with van der Waals surface area (Å²) in [6, 6.07) is 8.75. The highest BCUT2D eigenvalue weighted by atomic mass is 16.1. The van der Waals surface area contributed by atoms with Gasteiger partial charge in [-0.25, -0.2) is 0 Å². The fraction of sp³-hybridized carbons (Fsp3) is 0.588. The number of benzene rings is 1. The minimum absolute atomic E-state index is 0.0837. The van der Waals surface area contributed by atoms with Crippen LogP contribution in [0.2, 0.25) is 0 Å². The van der Waals surface area contributed by atoms with Crippen LogP contribution < -0.4 is 11.1 Å². The third kappa shape index (κ3) is 2.14. The van der Waals surface area contributed by atoms with E-state index in [2.05, 4.69) is 36.5 Å². The molecule has 3 rings (SSSR count). The Bertz CT molecular complexity index is 478. The number of amides is 1. The predicted octanol–water partition coefficient (Wildman–Crippen LogP) is 2.04. The van der Waals surface area contributed by atoms with Crippen LogP contribution in [-0.4, -0.2) is 18.0 Å². The molecule has 2 unspecified atom stereocenters. The summed E-state index contributed by atoms with van der Waals surface area (Å²) in [5.41, 5.74) is 8.41. The van der Waals surface area contributed by atoms with Crippen molar-refractivity contribution in [1.82, 2.24) is 5.32 Å². The first kappa shape index (κ1) is 13.6. The van der Waals surface area contributed by atoms with Crippen molar-refractivity contribution >= 4 is 5.91 Å². The maximum atomic E-state index is 11.6. The largest absolute Gasteiger partial charge is 0.370 e. The lowest BCUT2D eigenvalue weighted by Crippen LogP contribution is -2.55. The maximum absolute atomic E-state index is 11.6. The highest BCUT2D eigenvalue weighted by molar-refractivity contribution is 5.75. The van der Waals surface area contributed by atoms with Crippen LogP contribution in [-0.2, 0) is 17.6 Å². The highest BCUT2D eigenvalue weighted by Crippen LogP contribution is 2.48. The zero-order chi connectivity index (χ0) is 14.2. The molecule has 108 valence electrons. The van der Waals surface area contributed by atoms with Crippen LogP contribution in [0.3, 0.4) is 0 Å². The molecule has 3 N–H and O–H groups in total. The molecule has 1 fully saturated rings. The normalized spacial score (nSPS) is 31.6. The summed E-state index contributed by atoms with van der Waals surface area (Å²) in [7, 11) is 0. The Labute approximate surface area is 120 Å². The standard InChI is InChI=1S/C17H24N2O/c1-2-19-17(11-16(18)20)14-7-8-15(17)10-13-6-4-3-5-12(13)9-14/h3-6,14-15,19H,2,7-11H2,1H3,(H2,18,20). The van der Waals surface area contributed by atoms with E-state index in [1.165, 1.54) is 24.0 Å². The molecule has 0 spiro atoms. The molecule has 1 amide bonds. The van der Waals surface area contributed by atoms with Gasteiger partial charge in [0.2, 0.25) is 5.91 Å². The van der Waals surface area contributed by atoms with E-state index in [1.807, 2.05) is 0 Å². The Hall–Kier alpha value is -1.35. The molecule has 0 radical (unpaired) electrons. The summed E-state index contributed by atoms with van der Waals surface area (Å²) in [6.07, 6.45) is 5.04. The lowest BCUT2D eigenvalue weighted by Gasteiger charge is -2.39. The zero-order valence-corrected chi connectivity index (χ0v) is 12.2. The Morgan fingerprint density at radius 2 is 1.80 bits per heavy atom. The summed E-state index contributed by atoms with van der Waals surface area (Å²) in [6.45, 7) is 3.02. The number of nitrogens with two attached hydrogens (primary N) is 1. The second kappa shape index (κ2) is 5.21. The summed E-state index contributed by atoms with van der Waals surface area (Å²) in [4.78, 5) is 11.6. The van der Waals surface area contributed by atoms with E-state index < -0.39 is 0 Å². The van der Waals surface area contributed by atoms with Crippen LogP contribution in [0.25, 0.3) is 0 Å². The number of hydrogen-bond acceptors (Lipinski definition) is 2. The molecule has 2 bridgehead atoms. The quantitative estimate of drug-likeness (QED) is 0.881. The lowest BCUT2D eigenvalue weighted by molar-refractivity contribution is -0.120. The lowest BCUT2D eigenvalue weighted by atomic mass is 9.76. The Kier molecular flexibility index (Phi) is 3.55. The van der Waals surface area contributed by atoms with E-state index >= 15 is 0 Å². The molecule has 0 saturated heterocycles. The minimum Gasteiger partial charge on any atom is -0.370 e. The van der Waals surface area contributed by atoms with Crippen molar-refractivity contribution < 1.29 is 4.79 Å². The average Bonchev–Trinajstić information content (AvgIpc) is 2.62. The summed E-state index contributed by atoms with van der Waals surface area (Å²) in [5, 5.41) is 3.67. The maximum Gasteiger partial charge on any atom is 0.219 e. The van der Waals surface area contributed by atoms with Gasteiger partial charge in [-0.05, 0) is 55.2 Å². The van der Waals surface area contributed by atoms with E-state index in [1.54, 1.807) is 0 Å². The molecular formula is C17H24N2O. The number of fused-ring (bicyclic) bond motifs is 3. The number of hydrogen-bond donors (Lipinski definition) is 2. The number of nitrogens with one attached hydrogen (secondary N) is 1. The molecule has 1 aromatic carbocycles. The summed E-state index contributed by atoms with van der Waals surface area (Å²) < 4.78 is 0. The van der Waals surface area contributed by atoms with Gasteiger partial charge in [-0.15, -0.1) is 0 Å². The Morgan fingerprint density at radius 1 is 1.25 bits per heavy atom. The highest BCUT2D eigenvalue weighted by Gasteiger charge is 2.51. The second-order valence-corrected chi connectivity index (χ2v) is 6.36. The molecule has 2 atom stereocenters. The third-order valence-corrected chi connectivity index (χ3v) is 5.34. The van der Waals surface area contributed by atoms with Gasteiger partial charge in [-0.2, -0.15) is 0 Å². The van der Waals surface area contributed by atoms with Crippen molar-refractivity contribution in [3.05, 3.63) is 35.4 Å². The summed E-state index contributed by atoms with van der Waals surface area (Å²) >= 11 is 0. The van der Waals surface area contributed by atoms with Crippen molar-refractivity contribution in [2.45, 2.75) is 44.6 Å². The molecule has 1 aromatic rings.